The molecule has 6 nitrogen and oxygen atoms in total. The van der Waals surface area contributed by atoms with Crippen LogP contribution in [0.25, 0.3) is 16.6 Å². The number of benzene rings is 3. The summed E-state index contributed by atoms with van der Waals surface area (Å²) >= 11 is 0. The van der Waals surface area contributed by atoms with Crippen LogP contribution in [0.2, 0.25) is 0 Å². The zero-order chi connectivity index (χ0) is 20.7. The van der Waals surface area contributed by atoms with Crippen molar-refractivity contribution < 1.29 is 9.84 Å². The fourth-order valence-electron chi connectivity index (χ4n) is 3.90. The van der Waals surface area contributed by atoms with E-state index in [0.717, 1.165) is 28.0 Å². The summed E-state index contributed by atoms with van der Waals surface area (Å²) in [5, 5.41) is 20.2. The van der Waals surface area contributed by atoms with Crippen molar-refractivity contribution in [2.24, 2.45) is 0 Å². The number of aromatic nitrogens is 2. The van der Waals surface area contributed by atoms with Crippen LogP contribution in [-0.2, 0) is 0 Å². The van der Waals surface area contributed by atoms with Gasteiger partial charge in [-0.3, -0.25) is 5.41 Å². The number of H-pyrrole nitrogens is 1. The van der Waals surface area contributed by atoms with Gasteiger partial charge >= 0.3 is 0 Å². The summed E-state index contributed by atoms with van der Waals surface area (Å²) < 4.78 is 5.27. The van der Waals surface area contributed by atoms with E-state index in [0.29, 0.717) is 11.4 Å². The Kier molecular flexibility index (Phi) is 4.25. The normalized spacial score (nSPS) is 16.5. The lowest BCUT2D eigenvalue weighted by Gasteiger charge is -2.27. The summed E-state index contributed by atoms with van der Waals surface area (Å²) in [6.45, 7) is 0. The van der Waals surface area contributed by atoms with Crippen molar-refractivity contribution >= 4 is 28.1 Å². The minimum Gasteiger partial charge on any atom is -0.509 e. The van der Waals surface area contributed by atoms with Crippen LogP contribution in [0.4, 0.5) is 5.69 Å². The molecule has 0 saturated heterocycles. The summed E-state index contributed by atoms with van der Waals surface area (Å²) in [5.74, 6) is 1.50. The Hall–Kier alpha value is -4.06. The minimum atomic E-state index is -0.518. The highest BCUT2D eigenvalue weighted by Crippen LogP contribution is 2.43. The fourth-order valence-corrected chi connectivity index (χ4v) is 3.90. The van der Waals surface area contributed by atoms with Crippen LogP contribution >= 0.6 is 0 Å². The van der Waals surface area contributed by atoms with Gasteiger partial charge in [-0.1, -0.05) is 42.5 Å². The van der Waals surface area contributed by atoms with Gasteiger partial charge in [-0.25, -0.2) is 4.98 Å². The summed E-state index contributed by atoms with van der Waals surface area (Å²) in [6.07, 6.45) is 0. The molecule has 0 spiro atoms. The number of rotatable bonds is 4. The monoisotopic (exact) mass is 396 g/mol. The second-order valence-corrected chi connectivity index (χ2v) is 7.09. The maximum atomic E-state index is 11.3. The lowest BCUT2D eigenvalue weighted by molar-refractivity contribution is 0.379. The Morgan fingerprint density at radius 3 is 2.37 bits per heavy atom. The number of aliphatic hydroxyl groups is 1. The number of methoxy groups -OCH3 is 1. The quantitative estimate of drug-likeness (QED) is 0.449. The van der Waals surface area contributed by atoms with Crippen molar-refractivity contribution in [3.63, 3.8) is 0 Å². The van der Waals surface area contributed by atoms with Crippen LogP contribution in [0.5, 0.6) is 5.75 Å². The number of amidine groups is 1. The van der Waals surface area contributed by atoms with Crippen molar-refractivity contribution in [2.45, 2.75) is 6.04 Å². The van der Waals surface area contributed by atoms with Crippen LogP contribution in [-0.4, -0.2) is 28.0 Å². The van der Waals surface area contributed by atoms with Gasteiger partial charge in [0.15, 0.2) is 0 Å². The molecule has 0 saturated carbocycles. The van der Waals surface area contributed by atoms with Crippen LogP contribution in [0.3, 0.4) is 0 Å². The molecule has 3 aromatic carbocycles. The average molecular weight is 396 g/mol. The van der Waals surface area contributed by atoms with Gasteiger partial charge in [-0.05, 0) is 42.0 Å². The predicted octanol–water partition coefficient (Wildman–Crippen LogP) is 5.08. The van der Waals surface area contributed by atoms with Crippen molar-refractivity contribution in [3.05, 3.63) is 96.0 Å². The molecule has 0 aliphatic carbocycles. The van der Waals surface area contributed by atoms with Gasteiger partial charge in [0.25, 0.3) is 0 Å². The maximum absolute atomic E-state index is 11.3. The lowest BCUT2D eigenvalue weighted by atomic mass is 10.0. The molecule has 1 aliphatic heterocycles. The summed E-state index contributed by atoms with van der Waals surface area (Å²) in [5.41, 5.74) is 3.73. The molecule has 0 radical (unpaired) electrons. The number of nitrogens with zero attached hydrogens (tertiary/aromatic N) is 2. The molecule has 5 rings (SSSR count). The second kappa shape index (κ2) is 7.08. The molecule has 148 valence electrons. The molecule has 0 unspecified atom stereocenters. The molecular formula is C24H20N4O2. The largest absolute Gasteiger partial charge is 0.509 e. The van der Waals surface area contributed by atoms with Crippen LogP contribution in [0.15, 0.2) is 84.6 Å². The maximum Gasteiger partial charge on any atom is 0.145 e. The highest BCUT2D eigenvalue weighted by molar-refractivity contribution is 6.31. The Labute approximate surface area is 173 Å². The van der Waals surface area contributed by atoms with E-state index in [2.05, 4.69) is 9.97 Å². The second-order valence-electron chi connectivity index (χ2n) is 7.09. The van der Waals surface area contributed by atoms with Crippen molar-refractivity contribution in [2.75, 3.05) is 12.0 Å². The minimum absolute atomic E-state index is 0.0982. The number of nitrogens with one attached hydrogen (secondary N) is 2. The Bertz CT molecular complexity index is 1230. The summed E-state index contributed by atoms with van der Waals surface area (Å²) in [7, 11) is 1.62. The smallest absolute Gasteiger partial charge is 0.145 e. The third-order valence-electron chi connectivity index (χ3n) is 5.34. The first-order chi connectivity index (χ1) is 14.7. The molecule has 1 aromatic heterocycles. The molecule has 6 heteroatoms. The van der Waals surface area contributed by atoms with E-state index in [1.807, 2.05) is 83.8 Å². The first kappa shape index (κ1) is 18.0. The van der Waals surface area contributed by atoms with E-state index in [-0.39, 0.29) is 11.6 Å². The van der Waals surface area contributed by atoms with Crippen LogP contribution in [0, 0.1) is 5.41 Å². The molecule has 0 bridgehead atoms. The van der Waals surface area contributed by atoms with Gasteiger partial charge < -0.3 is 19.7 Å². The fraction of sp³-hybridized carbons (Fsp3) is 0.0833. The van der Waals surface area contributed by atoms with E-state index >= 15 is 0 Å². The van der Waals surface area contributed by atoms with Gasteiger partial charge in [0, 0.05) is 5.69 Å². The van der Waals surface area contributed by atoms with Crippen molar-refractivity contribution in [1.29, 1.82) is 5.41 Å². The molecule has 1 aliphatic rings. The predicted molar refractivity (Wildman–Crippen MR) is 118 cm³/mol. The number of imidazole rings is 1. The number of aromatic amines is 1. The third-order valence-corrected chi connectivity index (χ3v) is 5.34. The molecule has 30 heavy (non-hydrogen) atoms. The third kappa shape index (κ3) is 2.81. The Balaban J connectivity index is 1.66. The number of hydrogen-bond acceptors (Lipinski definition) is 4. The Morgan fingerprint density at radius 2 is 1.67 bits per heavy atom. The average Bonchev–Trinajstić information content (AvgIpc) is 3.32. The highest BCUT2D eigenvalue weighted by Gasteiger charge is 2.40. The molecular weight excluding hydrogens is 376 g/mol. The Morgan fingerprint density at radius 1 is 0.967 bits per heavy atom. The number of hydrogen-bond donors (Lipinski definition) is 3. The summed E-state index contributed by atoms with van der Waals surface area (Å²) in [6, 6.07) is 24.3. The van der Waals surface area contributed by atoms with E-state index in [4.69, 9.17) is 10.1 Å². The lowest BCUT2D eigenvalue weighted by Crippen LogP contribution is -2.29. The molecule has 4 aromatic rings. The highest BCUT2D eigenvalue weighted by atomic mass is 16.5. The topological polar surface area (TPSA) is 85.2 Å². The zero-order valence-corrected chi connectivity index (χ0v) is 16.3. The van der Waals surface area contributed by atoms with Gasteiger partial charge in [-0.15, -0.1) is 0 Å². The van der Waals surface area contributed by atoms with E-state index < -0.39 is 6.04 Å². The number of anilines is 1. The standard InChI is InChI=1S/C24H20N4O2/c1-30-17-13-11-16(12-14-17)28-21(15-7-3-2-4-8-15)22(29)20(23(28)25)24-26-18-9-5-6-10-19(18)27-24/h2-14,21,25,29H,1H3,(H,26,27)/t21-/m0/s1. The first-order valence-electron chi connectivity index (χ1n) is 9.63. The first-order valence-corrected chi connectivity index (χ1v) is 9.63. The molecule has 0 amide bonds. The molecule has 3 N–H and O–H groups in total. The molecule has 2 heterocycles. The van der Waals surface area contributed by atoms with Gasteiger partial charge in [-0.2, -0.15) is 0 Å². The van der Waals surface area contributed by atoms with Crippen LogP contribution < -0.4 is 9.64 Å². The van der Waals surface area contributed by atoms with Gasteiger partial charge in [0.2, 0.25) is 0 Å². The molecule has 1 atom stereocenters. The van der Waals surface area contributed by atoms with E-state index in [9.17, 15) is 5.11 Å². The number of aliphatic hydroxyl groups excluding tert-OH is 1. The van der Waals surface area contributed by atoms with Gasteiger partial charge in [0.05, 0.1) is 23.7 Å². The van der Waals surface area contributed by atoms with Gasteiger partial charge in [0.1, 0.15) is 29.2 Å². The number of ether oxygens (including phenoxy) is 1. The van der Waals surface area contributed by atoms with Crippen molar-refractivity contribution in [1.82, 2.24) is 9.97 Å². The van der Waals surface area contributed by atoms with Crippen molar-refractivity contribution in [3.8, 4) is 5.75 Å². The number of para-hydroxylation sites is 2. The zero-order valence-electron chi connectivity index (χ0n) is 16.3. The number of fused-ring (bicyclic) bond motifs is 1. The van der Waals surface area contributed by atoms with E-state index in [1.54, 1.807) is 7.11 Å². The summed E-state index contributed by atoms with van der Waals surface area (Å²) in [4.78, 5) is 9.67. The van der Waals surface area contributed by atoms with E-state index in [1.165, 1.54) is 0 Å². The SMILES string of the molecule is COc1ccc(N2C(=N)C(c3nc4ccccc4[nH]3)=C(O)[C@@H]2c2ccccc2)cc1. The molecule has 0 fully saturated rings. The van der Waals surface area contributed by atoms with Crippen LogP contribution in [0.1, 0.15) is 17.4 Å².